The second-order valence-corrected chi connectivity index (χ2v) is 26.2. The Morgan fingerprint density at radius 3 is 2.14 bits per heavy atom. The molecule has 1 saturated heterocycles. The molecule has 0 radical (unpaired) electrons. The summed E-state index contributed by atoms with van der Waals surface area (Å²) in [5, 5.41) is 61.4. The Hall–Kier alpha value is -8.42. The topological polar surface area (TPSA) is 356 Å². The highest BCUT2D eigenvalue weighted by atomic mass is 32.1. The van der Waals surface area contributed by atoms with E-state index in [0.29, 0.717) is 64.4 Å². The molecule has 9 heterocycles. The third kappa shape index (κ3) is 13.3. The van der Waals surface area contributed by atoms with Crippen LogP contribution in [-0.2, 0) is 20.8 Å². The molecule has 7 atom stereocenters. The molecule has 7 aromatic heterocycles. The second kappa shape index (κ2) is 25.9. The number of nitrogens with two attached hydrogens (primary N) is 1. The zero-order valence-corrected chi connectivity index (χ0v) is 50.9. The van der Waals surface area contributed by atoms with Gasteiger partial charge in [-0.05, 0) is 48.7 Å². The number of carboxylic acid groups (broad SMARTS) is 1. The van der Waals surface area contributed by atoms with Gasteiger partial charge in [-0.2, -0.15) is 0 Å². The van der Waals surface area contributed by atoms with Crippen LogP contribution < -0.4 is 21.7 Å². The lowest BCUT2D eigenvalue weighted by Gasteiger charge is -2.29. The SMILES string of the molecule is Cc1sc2nc1C(=O)C[C@@H]([C@H](O)c1ccccc1)c1nc(cs1)C(=O)N[C@@H](Cc1ccc(O)cc1)C(=O)N1C[C@H](O)[C@H](C)[C@H]1c1nc(cs1)-c1nc(cs1)-c1nc(-c3nc(C(=O)NCCCC(=O)O)cs3)ccc1-c1nc(cs1)C(=O)N[C@H]2CC(N)=O. The molecule has 11 rings (SSSR count). The number of carbonyl (C=O) groups excluding carboxylic acids is 6. The van der Waals surface area contributed by atoms with Gasteiger partial charge >= 0.3 is 5.97 Å². The Balaban J connectivity index is 0.998. The summed E-state index contributed by atoms with van der Waals surface area (Å²) in [6, 6.07) is 15.2. The zero-order valence-electron chi connectivity index (χ0n) is 46.0. The highest BCUT2D eigenvalue weighted by Gasteiger charge is 2.45. The minimum Gasteiger partial charge on any atom is -0.508 e. The highest BCUT2D eigenvalue weighted by Crippen LogP contribution is 2.43. The number of nitrogens with one attached hydrogen (secondary N) is 3. The smallest absolute Gasteiger partial charge is 0.303 e. The van der Waals surface area contributed by atoms with Gasteiger partial charge in [0, 0.05) is 81.5 Å². The molecule has 0 spiro atoms. The van der Waals surface area contributed by atoms with Crippen molar-refractivity contribution in [2.75, 3.05) is 13.1 Å². The number of benzene rings is 2. The fourth-order valence-corrected chi connectivity index (χ4v) is 15.5. The van der Waals surface area contributed by atoms with Crippen LogP contribution in [0.2, 0.25) is 0 Å². The number of nitrogens with zero attached hydrogens (tertiary/aromatic N) is 8. The van der Waals surface area contributed by atoms with Crippen molar-refractivity contribution in [3.05, 3.63) is 147 Å². The number of pyridine rings is 1. The van der Waals surface area contributed by atoms with E-state index in [1.165, 1.54) is 50.5 Å². The van der Waals surface area contributed by atoms with Crippen LogP contribution in [0.25, 0.3) is 43.4 Å². The first-order chi connectivity index (χ1) is 41.8. The monoisotopic (exact) mass is 1280 g/mol. The van der Waals surface area contributed by atoms with Crippen molar-refractivity contribution in [1.82, 2.24) is 55.7 Å². The number of hydrogen-bond acceptors (Lipinski definition) is 23. The van der Waals surface area contributed by atoms with Crippen LogP contribution in [-0.4, -0.2) is 127 Å². The standard InChI is InChI=1S/C58H52N12O11S6/c1-26-42(73)20-70-47(26)57-68-40(25-86-57)55-64-36(21-84-55)46-31(14-15-33(61-46)54-67-37(22-85-54)49(78)60-16-6-9-44(75)76)52-65-38(23-82-52)50(79)62-34(19-43(59)74)56-69-45(27(2)87-56)41(72)18-32(48(77)29-7-4-3-5-8-29)53-66-39(24-83-53)51(80)63-35(58(70)81)17-28-10-12-30(71)13-11-28/h3-5,7-8,10-15,21-26,32,34-35,42,47-48,71,73,77H,6,9,16-20H2,1-2H3,(H2,59,74)(H,60,78)(H,62,79)(H,63,80)(H,75,76)/t26-,32-,34-,35-,42-,47-,48+/m0/s1. The van der Waals surface area contributed by atoms with Crippen molar-refractivity contribution in [2.45, 2.75) is 82.2 Å². The molecule has 10 bridgehead atoms. The number of aryl methyl sites for hydroxylation is 1. The summed E-state index contributed by atoms with van der Waals surface area (Å²) in [4.78, 5) is 131. The molecule has 0 aliphatic carbocycles. The van der Waals surface area contributed by atoms with Gasteiger partial charge in [-0.1, -0.05) is 49.4 Å². The quantitative estimate of drug-likeness (QED) is 0.0541. The average molecular weight is 1290 g/mol. The first-order valence-corrected chi connectivity index (χ1v) is 32.3. The minimum atomic E-state index is -1.31. The number of fused-ring (bicyclic) bond motifs is 16. The normalized spacial score (nSPS) is 19.4. The summed E-state index contributed by atoms with van der Waals surface area (Å²) in [5.41, 5.74) is 8.82. The van der Waals surface area contributed by atoms with E-state index in [0.717, 1.165) is 45.3 Å². The van der Waals surface area contributed by atoms with Gasteiger partial charge in [-0.25, -0.2) is 34.9 Å². The fraction of sp³-hybridized carbons (Fsp3) is 0.276. The van der Waals surface area contributed by atoms with E-state index in [1.807, 2.05) is 6.92 Å². The number of aromatic nitrogens is 7. The Morgan fingerprint density at radius 1 is 0.724 bits per heavy atom. The first-order valence-electron chi connectivity index (χ1n) is 27.1. The number of Topliss-reactive ketones (excluding diaryl/α,β-unsaturated/α-hetero) is 1. The Kier molecular flexibility index (Phi) is 17.9. The molecule has 23 nitrogen and oxygen atoms in total. The van der Waals surface area contributed by atoms with Gasteiger partial charge in [-0.15, -0.1) is 68.0 Å². The Labute approximate surface area is 519 Å². The van der Waals surface area contributed by atoms with E-state index >= 15 is 4.79 Å². The van der Waals surface area contributed by atoms with Crippen LogP contribution in [0.3, 0.4) is 0 Å². The number of thiazole rings is 6. The summed E-state index contributed by atoms with van der Waals surface area (Å²) in [7, 11) is 0. The molecule has 0 saturated carbocycles. The number of aliphatic hydroxyl groups is 2. The van der Waals surface area contributed by atoms with Crippen LogP contribution in [0.1, 0.15) is 130 Å². The van der Waals surface area contributed by atoms with E-state index in [2.05, 4.69) is 30.9 Å². The van der Waals surface area contributed by atoms with Crippen LogP contribution in [0.15, 0.2) is 93.6 Å². The molecule has 2 aliphatic heterocycles. The second-order valence-electron chi connectivity index (χ2n) is 20.6. The van der Waals surface area contributed by atoms with E-state index in [9.17, 15) is 44.1 Å². The molecule has 87 heavy (non-hydrogen) atoms. The van der Waals surface area contributed by atoms with Crippen LogP contribution in [0.5, 0.6) is 5.75 Å². The molecule has 2 aromatic carbocycles. The number of aliphatic hydroxyl groups excluding tert-OH is 2. The number of phenolic OH excluding ortho intramolecular Hbond substituents is 1. The van der Waals surface area contributed by atoms with Crippen LogP contribution in [0, 0.1) is 12.8 Å². The number of rotatable bonds is 12. The molecule has 9 aromatic rings. The summed E-state index contributed by atoms with van der Waals surface area (Å²) in [5.74, 6) is -6.24. The number of aliphatic carboxylic acids is 1. The van der Waals surface area contributed by atoms with E-state index in [1.54, 1.807) is 77.7 Å². The highest BCUT2D eigenvalue weighted by molar-refractivity contribution is 7.15. The summed E-state index contributed by atoms with van der Waals surface area (Å²) in [6.07, 6.45) is -2.94. The Bertz CT molecular complexity index is 4080. The predicted molar refractivity (Wildman–Crippen MR) is 327 cm³/mol. The van der Waals surface area contributed by atoms with Gasteiger partial charge in [0.2, 0.25) is 11.8 Å². The molecule has 0 unspecified atom stereocenters. The number of ketones is 1. The molecule has 5 amide bonds. The summed E-state index contributed by atoms with van der Waals surface area (Å²) >= 11 is 6.94. The molecular weight excluding hydrogens is 1230 g/mol. The summed E-state index contributed by atoms with van der Waals surface area (Å²) < 4.78 is 0. The van der Waals surface area contributed by atoms with Gasteiger partial charge in [0.1, 0.15) is 76.7 Å². The summed E-state index contributed by atoms with van der Waals surface area (Å²) in [6.45, 7) is 3.52. The Morgan fingerprint density at radius 2 is 1.38 bits per heavy atom. The minimum absolute atomic E-state index is 0.00423. The lowest BCUT2D eigenvalue weighted by atomic mass is 9.90. The van der Waals surface area contributed by atoms with Crippen LogP contribution in [0.4, 0.5) is 0 Å². The largest absolute Gasteiger partial charge is 0.508 e. The lowest BCUT2D eigenvalue weighted by molar-refractivity contribution is -0.137. The maximum atomic E-state index is 15.2. The van der Waals surface area contributed by atoms with E-state index in [4.69, 9.17) is 30.8 Å². The van der Waals surface area contributed by atoms with Gasteiger partial charge < -0.3 is 47.0 Å². The van der Waals surface area contributed by atoms with E-state index < -0.39 is 89.9 Å². The van der Waals surface area contributed by atoms with Crippen molar-refractivity contribution in [3.8, 4) is 49.1 Å². The number of primary amides is 1. The van der Waals surface area contributed by atoms with Crippen molar-refractivity contribution >= 4 is 109 Å². The van der Waals surface area contributed by atoms with E-state index in [-0.39, 0.29) is 77.3 Å². The van der Waals surface area contributed by atoms with Crippen molar-refractivity contribution in [1.29, 1.82) is 0 Å². The lowest BCUT2D eigenvalue weighted by Crippen LogP contribution is -2.50. The molecule has 2 aliphatic rings. The number of hydrogen-bond donors (Lipinski definition) is 8. The number of carboxylic acids is 1. The third-order valence-electron chi connectivity index (χ3n) is 14.6. The third-order valence-corrected chi connectivity index (χ3v) is 20.2. The maximum absolute atomic E-state index is 15.2. The molecule has 446 valence electrons. The first kappa shape index (κ1) is 60.3. The molecule has 9 N–H and O–H groups in total. The van der Waals surface area contributed by atoms with Gasteiger partial charge in [-0.3, -0.25) is 33.6 Å². The molecule has 29 heteroatoms. The number of carbonyl (C=O) groups is 7. The number of phenols is 1. The van der Waals surface area contributed by atoms with Crippen LogP contribution >= 0.6 is 68.0 Å². The van der Waals surface area contributed by atoms with Crippen molar-refractivity contribution < 1.29 is 54.0 Å². The van der Waals surface area contributed by atoms with Crippen molar-refractivity contribution in [3.63, 3.8) is 0 Å². The predicted octanol–water partition coefficient (Wildman–Crippen LogP) is 7.77. The van der Waals surface area contributed by atoms with Gasteiger partial charge in [0.15, 0.2) is 5.78 Å². The van der Waals surface area contributed by atoms with Gasteiger partial charge in [0.25, 0.3) is 17.7 Å². The number of aromatic hydroxyl groups is 1. The molecular formula is C58H52N12O11S6. The number of amides is 5. The average Bonchev–Trinajstić information content (AvgIpc) is 2.44. The zero-order chi connectivity index (χ0) is 61.2. The van der Waals surface area contributed by atoms with Gasteiger partial charge in [0.05, 0.1) is 41.4 Å². The van der Waals surface area contributed by atoms with Crippen molar-refractivity contribution in [2.24, 2.45) is 11.7 Å². The maximum Gasteiger partial charge on any atom is 0.303 e. The molecule has 1 fully saturated rings. The fourth-order valence-electron chi connectivity index (χ4n) is 10.1.